The van der Waals surface area contributed by atoms with Crippen molar-refractivity contribution in [3.63, 3.8) is 0 Å². The van der Waals surface area contributed by atoms with E-state index in [4.69, 9.17) is 15.2 Å². The molecule has 0 radical (unpaired) electrons. The van der Waals surface area contributed by atoms with Crippen LogP contribution in [0.1, 0.15) is 17.3 Å². The summed E-state index contributed by atoms with van der Waals surface area (Å²) in [5, 5.41) is 23.6. The molecule has 154 valence electrons. The first-order valence-corrected chi connectivity index (χ1v) is 9.49. The van der Waals surface area contributed by atoms with Gasteiger partial charge in [-0.1, -0.05) is 48.5 Å². The second-order valence-electron chi connectivity index (χ2n) is 6.81. The number of nitrogens with one attached hydrogen (secondary N) is 1. The number of carbonyl (C=O) groups is 1. The van der Waals surface area contributed by atoms with E-state index in [9.17, 15) is 15.0 Å². The van der Waals surface area contributed by atoms with Crippen LogP contribution in [0.4, 0.5) is 0 Å². The Labute approximate surface area is 169 Å². The lowest BCUT2D eigenvalue weighted by molar-refractivity contribution is -0.243. The second-order valence-corrected chi connectivity index (χ2v) is 6.81. The second kappa shape index (κ2) is 9.67. The first-order chi connectivity index (χ1) is 14.0. The molecular weight excluding hydrogens is 372 g/mol. The number of amides is 1. The predicted molar refractivity (Wildman–Crippen MR) is 109 cm³/mol. The highest BCUT2D eigenvalue weighted by Gasteiger charge is 2.46. The zero-order valence-corrected chi connectivity index (χ0v) is 16.1. The molecule has 1 aliphatic rings. The van der Waals surface area contributed by atoms with Crippen molar-refractivity contribution in [2.45, 2.75) is 37.6 Å². The molecule has 1 amide bonds. The molecule has 0 unspecified atom stereocenters. The molecule has 1 fully saturated rings. The third kappa shape index (κ3) is 4.83. The number of hydrogen-bond acceptors (Lipinski definition) is 6. The zero-order valence-electron chi connectivity index (χ0n) is 16.1. The molecule has 5 atom stereocenters. The molecule has 0 bridgehead atoms. The van der Waals surface area contributed by atoms with Crippen molar-refractivity contribution in [2.75, 3.05) is 6.54 Å². The van der Waals surface area contributed by atoms with Gasteiger partial charge in [0.15, 0.2) is 12.4 Å². The fourth-order valence-electron chi connectivity index (χ4n) is 3.32. The summed E-state index contributed by atoms with van der Waals surface area (Å²) in [4.78, 5) is 12.9. The molecule has 0 saturated carbocycles. The number of hydrogen-bond donors (Lipinski definition) is 4. The molecule has 2 aromatic rings. The van der Waals surface area contributed by atoms with E-state index >= 15 is 0 Å². The smallest absolute Gasteiger partial charge is 0.251 e. The number of nitrogens with two attached hydrogens (primary N) is 1. The third-order valence-corrected chi connectivity index (χ3v) is 4.83. The Kier molecular flexibility index (Phi) is 7.00. The average Bonchev–Trinajstić information content (AvgIpc) is 2.76. The van der Waals surface area contributed by atoms with Gasteiger partial charge in [-0.25, -0.2) is 0 Å². The van der Waals surface area contributed by atoms with Crippen LogP contribution >= 0.6 is 0 Å². The Hall–Kier alpha value is -2.71. The van der Waals surface area contributed by atoms with E-state index in [0.29, 0.717) is 5.56 Å². The van der Waals surface area contributed by atoms with Gasteiger partial charge in [0.05, 0.1) is 6.26 Å². The van der Waals surface area contributed by atoms with E-state index in [-0.39, 0.29) is 6.54 Å². The largest absolute Gasteiger partial charge is 0.493 e. The molecule has 5 N–H and O–H groups in total. The number of aliphatic hydroxyl groups is 2. The topological polar surface area (TPSA) is 114 Å². The highest BCUT2D eigenvalue weighted by molar-refractivity contribution is 5.95. The molecular formula is C22H26N2O5. The van der Waals surface area contributed by atoms with Crippen LogP contribution in [0.3, 0.4) is 0 Å². The van der Waals surface area contributed by atoms with Crippen molar-refractivity contribution < 1.29 is 24.5 Å². The summed E-state index contributed by atoms with van der Waals surface area (Å²) in [5.74, 6) is -0.414. The highest BCUT2D eigenvalue weighted by Crippen LogP contribution is 2.24. The van der Waals surface area contributed by atoms with Crippen LogP contribution < -0.4 is 11.1 Å². The summed E-state index contributed by atoms with van der Waals surface area (Å²) in [5.41, 5.74) is 7.89. The fourth-order valence-corrected chi connectivity index (χ4v) is 3.32. The maximum atomic E-state index is 12.9. The molecule has 0 aliphatic carbocycles. The Morgan fingerprint density at radius 2 is 1.90 bits per heavy atom. The van der Waals surface area contributed by atoms with Gasteiger partial charge in [-0.3, -0.25) is 4.79 Å². The van der Waals surface area contributed by atoms with E-state index in [2.05, 4.69) is 5.32 Å². The minimum atomic E-state index is -1.37. The van der Waals surface area contributed by atoms with Crippen LogP contribution in [0.2, 0.25) is 0 Å². The van der Waals surface area contributed by atoms with Crippen molar-refractivity contribution in [3.8, 4) is 11.1 Å². The first-order valence-electron chi connectivity index (χ1n) is 9.49. The number of allylic oxidation sites excluding steroid dienone is 1. The Morgan fingerprint density at radius 1 is 1.17 bits per heavy atom. The number of carbonyl (C=O) groups excluding carboxylic acids is 1. The molecule has 1 saturated heterocycles. The molecule has 7 heteroatoms. The minimum Gasteiger partial charge on any atom is -0.493 e. The number of rotatable bonds is 6. The minimum absolute atomic E-state index is 0.00765. The van der Waals surface area contributed by atoms with Crippen LogP contribution in [0, 0.1) is 0 Å². The monoisotopic (exact) mass is 398 g/mol. The van der Waals surface area contributed by atoms with E-state index in [0.717, 1.165) is 11.1 Å². The number of aliphatic hydroxyl groups excluding tert-OH is 2. The van der Waals surface area contributed by atoms with Gasteiger partial charge in [-0.2, -0.15) is 0 Å². The van der Waals surface area contributed by atoms with Crippen LogP contribution in [0.15, 0.2) is 66.9 Å². The molecule has 0 aromatic heterocycles. The number of benzene rings is 2. The molecule has 1 aliphatic heterocycles. The van der Waals surface area contributed by atoms with Crippen LogP contribution in [0.5, 0.6) is 0 Å². The van der Waals surface area contributed by atoms with Gasteiger partial charge >= 0.3 is 0 Å². The van der Waals surface area contributed by atoms with Gasteiger partial charge < -0.3 is 30.7 Å². The summed E-state index contributed by atoms with van der Waals surface area (Å²) in [6, 6.07) is 15.9. The average molecular weight is 398 g/mol. The summed E-state index contributed by atoms with van der Waals surface area (Å²) < 4.78 is 10.9. The highest BCUT2D eigenvalue weighted by atomic mass is 16.6. The fraction of sp³-hybridized carbons (Fsp3) is 0.318. The first kappa shape index (κ1) is 21.0. The van der Waals surface area contributed by atoms with Gasteiger partial charge in [0.2, 0.25) is 0 Å². The van der Waals surface area contributed by atoms with Crippen molar-refractivity contribution in [3.05, 3.63) is 72.5 Å². The summed E-state index contributed by atoms with van der Waals surface area (Å²) >= 11 is 0. The third-order valence-electron chi connectivity index (χ3n) is 4.83. The molecule has 0 spiro atoms. The maximum Gasteiger partial charge on any atom is 0.251 e. The van der Waals surface area contributed by atoms with E-state index in [1.807, 2.05) is 36.4 Å². The van der Waals surface area contributed by atoms with E-state index in [1.165, 1.54) is 6.26 Å². The summed E-state index contributed by atoms with van der Waals surface area (Å²) in [6.07, 6.45) is -1.15. The van der Waals surface area contributed by atoms with Crippen LogP contribution in [-0.4, -0.2) is 53.3 Å². The molecule has 2 aromatic carbocycles. The van der Waals surface area contributed by atoms with E-state index in [1.54, 1.807) is 31.2 Å². The molecule has 3 rings (SSSR count). The van der Waals surface area contributed by atoms with Gasteiger partial charge in [-0.05, 0) is 30.2 Å². The lowest BCUT2D eigenvalue weighted by Gasteiger charge is -2.42. The van der Waals surface area contributed by atoms with Crippen molar-refractivity contribution in [1.29, 1.82) is 0 Å². The summed E-state index contributed by atoms with van der Waals surface area (Å²) in [6.45, 7) is 1.76. The number of ether oxygens (including phenoxy) is 2. The molecule has 7 nitrogen and oxygen atoms in total. The van der Waals surface area contributed by atoms with Crippen molar-refractivity contribution in [2.24, 2.45) is 5.73 Å². The Morgan fingerprint density at radius 3 is 2.59 bits per heavy atom. The quantitative estimate of drug-likeness (QED) is 0.547. The van der Waals surface area contributed by atoms with Crippen LogP contribution in [-0.2, 0) is 9.47 Å². The van der Waals surface area contributed by atoms with E-state index < -0.39 is 36.6 Å². The van der Waals surface area contributed by atoms with Gasteiger partial charge in [0, 0.05) is 12.1 Å². The van der Waals surface area contributed by atoms with Crippen molar-refractivity contribution in [1.82, 2.24) is 5.32 Å². The lowest BCUT2D eigenvalue weighted by Crippen LogP contribution is -2.65. The Balaban J connectivity index is 1.81. The lowest BCUT2D eigenvalue weighted by atomic mass is 9.96. The molecule has 29 heavy (non-hydrogen) atoms. The van der Waals surface area contributed by atoms with Gasteiger partial charge in [0.25, 0.3) is 5.91 Å². The van der Waals surface area contributed by atoms with Crippen molar-refractivity contribution >= 4 is 5.91 Å². The van der Waals surface area contributed by atoms with Gasteiger partial charge in [-0.15, -0.1) is 0 Å². The summed E-state index contributed by atoms with van der Waals surface area (Å²) in [7, 11) is 0. The SMILES string of the molecule is CC=CO[C@H]1[C@H](O)[C@@H](CN)O[C@H](O)[C@H]1NC(=O)c1cccc(-c2ccccc2)c1. The van der Waals surface area contributed by atoms with Crippen LogP contribution in [0.25, 0.3) is 11.1 Å². The maximum absolute atomic E-state index is 12.9. The predicted octanol–water partition coefficient (Wildman–Crippen LogP) is 1.41. The standard InChI is InChI=1S/C22H26N2O5/c1-2-11-28-20-18(22(27)29-17(13-23)19(20)25)24-21(26)16-10-6-9-15(12-16)14-7-4-3-5-8-14/h2-12,17-20,22,25,27H,13,23H2,1H3,(H,24,26)/t17-,18+,19-,20-,22+/m1/s1. The Bertz CT molecular complexity index is 842. The molecule has 1 heterocycles. The van der Waals surface area contributed by atoms with Gasteiger partial charge in [0.1, 0.15) is 18.2 Å². The zero-order chi connectivity index (χ0) is 20.8. The normalized spacial score (nSPS) is 27.0.